The van der Waals surface area contributed by atoms with E-state index < -0.39 is 12.0 Å². The van der Waals surface area contributed by atoms with E-state index in [1.165, 1.54) is 12.0 Å². The minimum absolute atomic E-state index is 0.00425. The molecule has 1 atom stereocenters. The summed E-state index contributed by atoms with van der Waals surface area (Å²) in [5.74, 6) is -0.975. The summed E-state index contributed by atoms with van der Waals surface area (Å²) in [5, 5.41) is 3.17. The van der Waals surface area contributed by atoms with Crippen molar-refractivity contribution in [2.45, 2.75) is 19.0 Å². The number of carbonyl (C=O) groups excluding carboxylic acids is 3. The Morgan fingerprint density at radius 3 is 2.47 bits per heavy atom. The van der Waals surface area contributed by atoms with Crippen molar-refractivity contribution in [2.24, 2.45) is 0 Å². The van der Waals surface area contributed by atoms with Gasteiger partial charge in [-0.05, 0) is 30.3 Å². The number of methoxy groups -OCH3 is 1. The molecule has 0 unspecified atom stereocenters. The number of carbonyl (C=O) groups is 3. The van der Waals surface area contributed by atoms with Gasteiger partial charge in [-0.3, -0.25) is 14.5 Å². The Bertz CT molecular complexity index is 949. The Morgan fingerprint density at radius 2 is 1.77 bits per heavy atom. The van der Waals surface area contributed by atoms with Crippen molar-refractivity contribution in [2.75, 3.05) is 32.6 Å². The molecule has 0 spiro atoms. The van der Waals surface area contributed by atoms with Gasteiger partial charge in [0.2, 0.25) is 11.8 Å². The van der Waals surface area contributed by atoms with Crippen LogP contribution in [0.4, 0.5) is 5.69 Å². The van der Waals surface area contributed by atoms with Gasteiger partial charge in [0.1, 0.15) is 6.04 Å². The van der Waals surface area contributed by atoms with E-state index in [2.05, 4.69) is 5.32 Å². The maximum Gasteiger partial charge on any atom is 0.328 e. The minimum Gasteiger partial charge on any atom is -0.467 e. The van der Waals surface area contributed by atoms with E-state index in [1.54, 1.807) is 36.2 Å². The lowest BCUT2D eigenvalue weighted by Gasteiger charge is -2.36. The fraction of sp³-hybridized carbons (Fsp3) is 0.318. The highest BCUT2D eigenvalue weighted by atomic mass is 35.5. The molecule has 8 heteroatoms. The first-order valence-electron chi connectivity index (χ1n) is 9.56. The van der Waals surface area contributed by atoms with Crippen molar-refractivity contribution in [3.05, 3.63) is 64.7 Å². The number of halogens is 1. The predicted molar refractivity (Wildman–Crippen MR) is 114 cm³/mol. The van der Waals surface area contributed by atoms with Gasteiger partial charge in [-0.15, -0.1) is 0 Å². The topological polar surface area (TPSA) is 79.0 Å². The molecule has 7 nitrogen and oxygen atoms in total. The second kappa shape index (κ2) is 9.73. The molecule has 0 fully saturated rings. The molecule has 1 N–H and O–H groups in total. The van der Waals surface area contributed by atoms with E-state index in [0.717, 1.165) is 11.1 Å². The molecule has 1 aliphatic heterocycles. The van der Waals surface area contributed by atoms with Gasteiger partial charge in [-0.25, -0.2) is 4.79 Å². The smallest absolute Gasteiger partial charge is 0.328 e. The highest BCUT2D eigenvalue weighted by molar-refractivity contribution is 6.33. The van der Waals surface area contributed by atoms with Crippen LogP contribution in [0.3, 0.4) is 0 Å². The van der Waals surface area contributed by atoms with Crippen LogP contribution in [0, 0.1) is 0 Å². The number of anilines is 1. The van der Waals surface area contributed by atoms with Crippen LogP contribution in [0.5, 0.6) is 0 Å². The third-order valence-corrected chi connectivity index (χ3v) is 5.34. The number of nitrogens with zero attached hydrogens (tertiary/aromatic N) is 2. The molecule has 30 heavy (non-hydrogen) atoms. The molecule has 3 rings (SSSR count). The zero-order chi connectivity index (χ0) is 21.7. The zero-order valence-corrected chi connectivity index (χ0v) is 17.7. The molecule has 0 bridgehead atoms. The molecule has 1 heterocycles. The van der Waals surface area contributed by atoms with Crippen LogP contribution in [0.2, 0.25) is 5.02 Å². The van der Waals surface area contributed by atoms with Gasteiger partial charge >= 0.3 is 5.97 Å². The first kappa shape index (κ1) is 21.8. The van der Waals surface area contributed by atoms with Crippen LogP contribution in [0.15, 0.2) is 48.5 Å². The Hall–Kier alpha value is -2.90. The van der Waals surface area contributed by atoms with Crippen LogP contribution >= 0.6 is 11.6 Å². The van der Waals surface area contributed by atoms with Crippen molar-refractivity contribution >= 4 is 35.1 Å². The minimum atomic E-state index is -0.678. The Kier molecular flexibility index (Phi) is 7.07. The molecule has 1 aliphatic rings. The summed E-state index contributed by atoms with van der Waals surface area (Å²) in [6.45, 7) is 0.324. The van der Waals surface area contributed by atoms with Gasteiger partial charge in [-0.1, -0.05) is 48.0 Å². The molecule has 0 saturated heterocycles. The van der Waals surface area contributed by atoms with E-state index in [-0.39, 0.29) is 24.9 Å². The number of nitrogens with one attached hydrogen (secondary N) is 1. The predicted octanol–water partition coefficient (Wildman–Crippen LogP) is 2.34. The molecule has 2 aromatic rings. The normalized spacial score (nSPS) is 15.5. The van der Waals surface area contributed by atoms with Gasteiger partial charge in [0.25, 0.3) is 0 Å². The monoisotopic (exact) mass is 429 g/mol. The number of likely N-dealkylation sites (N-methyl/N-ethyl adjacent to an activating group) is 1. The molecule has 158 valence electrons. The average Bonchev–Trinajstić information content (AvgIpc) is 2.73. The van der Waals surface area contributed by atoms with Gasteiger partial charge in [0.05, 0.1) is 30.9 Å². The maximum absolute atomic E-state index is 13.0. The van der Waals surface area contributed by atoms with Crippen molar-refractivity contribution < 1.29 is 19.1 Å². The fourth-order valence-corrected chi connectivity index (χ4v) is 3.69. The Balaban J connectivity index is 1.63. The van der Waals surface area contributed by atoms with Crippen molar-refractivity contribution in [3.8, 4) is 0 Å². The quantitative estimate of drug-likeness (QED) is 0.713. The molecule has 0 radical (unpaired) electrons. The molecular weight excluding hydrogens is 406 g/mol. The molecule has 0 saturated carbocycles. The lowest BCUT2D eigenvalue weighted by molar-refractivity contribution is -0.154. The lowest BCUT2D eigenvalue weighted by Crippen LogP contribution is -2.52. The van der Waals surface area contributed by atoms with Crippen molar-refractivity contribution in [1.29, 1.82) is 0 Å². The number of esters is 1. The summed E-state index contributed by atoms with van der Waals surface area (Å²) in [6.07, 6.45) is 0.408. The second-order valence-corrected chi connectivity index (χ2v) is 7.64. The van der Waals surface area contributed by atoms with Crippen LogP contribution in [-0.4, -0.2) is 60.9 Å². The molecular formula is C22H24ClN3O4. The Morgan fingerprint density at radius 1 is 1.10 bits per heavy atom. The van der Waals surface area contributed by atoms with E-state index in [0.29, 0.717) is 23.7 Å². The summed E-state index contributed by atoms with van der Waals surface area (Å²) in [6, 6.07) is 14.0. The summed E-state index contributed by atoms with van der Waals surface area (Å²) < 4.78 is 4.91. The maximum atomic E-state index is 13.0. The standard InChI is InChI=1S/C22H24ClN3O4/c1-25(13-20(27)24-18-10-6-5-9-17(18)23)14-21(28)26-12-16-8-4-3-7-15(16)11-19(26)22(29)30-2/h3-10,19H,11-14H2,1-2H3,(H,24,27)/t19-/m1/s1. The van der Waals surface area contributed by atoms with E-state index in [9.17, 15) is 14.4 Å². The van der Waals surface area contributed by atoms with E-state index in [1.807, 2.05) is 24.3 Å². The molecule has 2 aromatic carbocycles. The molecule has 2 amide bonds. The first-order chi connectivity index (χ1) is 14.4. The van der Waals surface area contributed by atoms with Gasteiger partial charge in [0, 0.05) is 13.0 Å². The van der Waals surface area contributed by atoms with Gasteiger partial charge in [-0.2, -0.15) is 0 Å². The van der Waals surface area contributed by atoms with E-state index in [4.69, 9.17) is 16.3 Å². The van der Waals surface area contributed by atoms with Gasteiger partial charge < -0.3 is 15.0 Å². The summed E-state index contributed by atoms with van der Waals surface area (Å²) >= 11 is 6.06. The summed E-state index contributed by atoms with van der Waals surface area (Å²) in [7, 11) is 2.99. The number of hydrogen-bond acceptors (Lipinski definition) is 5. The molecule has 0 aromatic heterocycles. The van der Waals surface area contributed by atoms with Crippen LogP contribution < -0.4 is 5.32 Å². The highest BCUT2D eigenvalue weighted by Crippen LogP contribution is 2.24. The van der Waals surface area contributed by atoms with Crippen LogP contribution in [0.1, 0.15) is 11.1 Å². The Labute approximate surface area is 180 Å². The average molecular weight is 430 g/mol. The zero-order valence-electron chi connectivity index (χ0n) is 16.9. The number of para-hydroxylation sites is 1. The largest absolute Gasteiger partial charge is 0.467 e. The number of rotatable bonds is 6. The first-order valence-corrected chi connectivity index (χ1v) is 9.94. The number of amides is 2. The highest BCUT2D eigenvalue weighted by Gasteiger charge is 2.35. The lowest BCUT2D eigenvalue weighted by atomic mass is 9.94. The summed E-state index contributed by atoms with van der Waals surface area (Å²) in [4.78, 5) is 40.7. The van der Waals surface area contributed by atoms with Crippen LogP contribution in [-0.2, 0) is 32.1 Å². The van der Waals surface area contributed by atoms with E-state index >= 15 is 0 Å². The summed E-state index contributed by atoms with van der Waals surface area (Å²) in [5.41, 5.74) is 2.55. The third kappa shape index (κ3) is 5.17. The van der Waals surface area contributed by atoms with Gasteiger partial charge in [0.15, 0.2) is 0 Å². The fourth-order valence-electron chi connectivity index (χ4n) is 3.51. The number of ether oxygens (including phenoxy) is 1. The SMILES string of the molecule is COC(=O)[C@H]1Cc2ccccc2CN1C(=O)CN(C)CC(=O)Nc1ccccc1Cl. The number of hydrogen-bond donors (Lipinski definition) is 1. The number of fused-ring (bicyclic) bond motifs is 1. The molecule has 0 aliphatic carbocycles. The third-order valence-electron chi connectivity index (χ3n) is 5.01. The van der Waals surface area contributed by atoms with Crippen molar-refractivity contribution in [3.63, 3.8) is 0 Å². The van der Waals surface area contributed by atoms with Crippen molar-refractivity contribution in [1.82, 2.24) is 9.80 Å². The second-order valence-electron chi connectivity index (χ2n) is 7.23. The number of benzene rings is 2. The van der Waals surface area contributed by atoms with Crippen LogP contribution in [0.25, 0.3) is 0 Å².